The van der Waals surface area contributed by atoms with E-state index in [2.05, 4.69) is 26.8 Å². The van der Waals surface area contributed by atoms with E-state index < -0.39 is 0 Å². The summed E-state index contributed by atoms with van der Waals surface area (Å²) in [4.78, 5) is 31.0. The van der Waals surface area contributed by atoms with Gasteiger partial charge in [0.1, 0.15) is 12.4 Å². The van der Waals surface area contributed by atoms with Gasteiger partial charge in [-0.3, -0.25) is 4.79 Å². The molecule has 0 bridgehead atoms. The number of aromatic nitrogens is 2. The smallest absolute Gasteiger partial charge is 0.323 e. The van der Waals surface area contributed by atoms with Crippen LogP contribution < -0.4 is 15.7 Å². The van der Waals surface area contributed by atoms with Gasteiger partial charge >= 0.3 is 5.69 Å². The monoisotopic (exact) mass is 380 g/mol. The van der Waals surface area contributed by atoms with Crippen molar-refractivity contribution in [3.63, 3.8) is 0 Å². The van der Waals surface area contributed by atoms with E-state index in [1.807, 2.05) is 31.3 Å². The average molecular weight is 380 g/mol. The van der Waals surface area contributed by atoms with Gasteiger partial charge in [0.15, 0.2) is 0 Å². The van der Waals surface area contributed by atoms with E-state index in [-0.39, 0.29) is 11.6 Å². The van der Waals surface area contributed by atoms with Crippen LogP contribution in [0.2, 0.25) is 0 Å². The number of rotatable bonds is 9. The highest BCUT2D eigenvalue weighted by molar-refractivity contribution is 5.93. The largest absolute Gasteiger partial charge is 0.490 e. The number of carbonyl (C=O) groups is 1. The van der Waals surface area contributed by atoms with Crippen molar-refractivity contribution >= 4 is 22.6 Å². The van der Waals surface area contributed by atoms with Crippen LogP contribution in [0, 0.1) is 0 Å². The number of hydrogen-bond acceptors (Lipinski definition) is 4. The summed E-state index contributed by atoms with van der Waals surface area (Å²) in [6.07, 6.45) is 2.08. The number of amides is 1. The summed E-state index contributed by atoms with van der Waals surface area (Å²) in [5.41, 5.74) is 2.92. The first-order chi connectivity index (χ1) is 13.5. The van der Waals surface area contributed by atoms with E-state index in [0.717, 1.165) is 17.9 Å². The zero-order valence-electron chi connectivity index (χ0n) is 15.8. The molecular formula is C21H24N4O3. The fraction of sp³-hybridized carbons (Fsp3) is 0.238. The van der Waals surface area contributed by atoms with E-state index in [9.17, 15) is 9.59 Å². The molecule has 28 heavy (non-hydrogen) atoms. The Bertz CT molecular complexity index is 1000. The van der Waals surface area contributed by atoms with Crippen molar-refractivity contribution in [2.75, 3.05) is 25.5 Å². The number of fused-ring (bicyclic) bond motifs is 1. The third kappa shape index (κ3) is 5.34. The van der Waals surface area contributed by atoms with E-state index in [1.165, 1.54) is 0 Å². The molecule has 3 rings (SSSR count). The zero-order valence-corrected chi connectivity index (χ0v) is 15.8. The molecule has 3 aromatic rings. The SMILES string of the molecule is C=CCOc1ccc(CN(C)CCC(=O)Nc2ccc3[nH]c(=O)[nH]c3c2)cc1. The summed E-state index contributed by atoms with van der Waals surface area (Å²) in [5, 5.41) is 2.86. The van der Waals surface area contributed by atoms with E-state index in [1.54, 1.807) is 24.3 Å². The zero-order chi connectivity index (χ0) is 19.9. The van der Waals surface area contributed by atoms with Gasteiger partial charge in [-0.05, 0) is 42.9 Å². The van der Waals surface area contributed by atoms with Crippen LogP contribution in [0.1, 0.15) is 12.0 Å². The van der Waals surface area contributed by atoms with Crippen LogP contribution in [0.25, 0.3) is 11.0 Å². The number of aromatic amines is 2. The molecule has 0 spiro atoms. The molecule has 0 saturated carbocycles. The summed E-state index contributed by atoms with van der Waals surface area (Å²) in [6, 6.07) is 13.2. The second-order valence-electron chi connectivity index (χ2n) is 6.62. The van der Waals surface area contributed by atoms with Crippen molar-refractivity contribution in [3.05, 3.63) is 71.2 Å². The van der Waals surface area contributed by atoms with E-state index in [0.29, 0.717) is 36.3 Å². The van der Waals surface area contributed by atoms with Crippen molar-refractivity contribution in [3.8, 4) is 5.75 Å². The average Bonchev–Trinajstić information content (AvgIpc) is 3.05. The van der Waals surface area contributed by atoms with Crippen molar-refractivity contribution in [2.45, 2.75) is 13.0 Å². The molecule has 2 aromatic carbocycles. The molecule has 0 aliphatic heterocycles. The maximum Gasteiger partial charge on any atom is 0.323 e. The Hall–Kier alpha value is -3.32. The molecule has 0 unspecified atom stereocenters. The molecule has 7 heteroatoms. The number of hydrogen-bond donors (Lipinski definition) is 3. The van der Waals surface area contributed by atoms with Gasteiger partial charge < -0.3 is 24.9 Å². The fourth-order valence-electron chi connectivity index (χ4n) is 2.86. The number of benzene rings is 2. The number of ether oxygens (including phenoxy) is 1. The second-order valence-corrected chi connectivity index (χ2v) is 6.62. The molecule has 0 saturated heterocycles. The van der Waals surface area contributed by atoms with Crippen molar-refractivity contribution in [2.24, 2.45) is 0 Å². The van der Waals surface area contributed by atoms with Gasteiger partial charge in [-0.2, -0.15) is 0 Å². The third-order valence-electron chi connectivity index (χ3n) is 4.26. The summed E-state index contributed by atoms with van der Waals surface area (Å²) in [5.74, 6) is 0.740. The van der Waals surface area contributed by atoms with Gasteiger partial charge in [-0.1, -0.05) is 24.8 Å². The first kappa shape index (κ1) is 19.4. The lowest BCUT2D eigenvalue weighted by Gasteiger charge is -2.16. The van der Waals surface area contributed by atoms with Gasteiger partial charge in [0, 0.05) is 25.2 Å². The van der Waals surface area contributed by atoms with Gasteiger partial charge in [0.2, 0.25) is 5.91 Å². The van der Waals surface area contributed by atoms with Gasteiger partial charge in [-0.25, -0.2) is 4.79 Å². The molecule has 3 N–H and O–H groups in total. The second kappa shape index (κ2) is 9.05. The summed E-state index contributed by atoms with van der Waals surface area (Å²) >= 11 is 0. The van der Waals surface area contributed by atoms with Crippen LogP contribution in [-0.4, -0.2) is 41.0 Å². The predicted molar refractivity (Wildman–Crippen MR) is 111 cm³/mol. The minimum atomic E-state index is -0.264. The Labute approximate surface area is 163 Å². The van der Waals surface area contributed by atoms with Crippen LogP contribution in [0.4, 0.5) is 5.69 Å². The van der Waals surface area contributed by atoms with Gasteiger partial charge in [0.25, 0.3) is 0 Å². The first-order valence-corrected chi connectivity index (χ1v) is 9.06. The summed E-state index contributed by atoms with van der Waals surface area (Å²) in [6.45, 7) is 5.49. The fourth-order valence-corrected chi connectivity index (χ4v) is 2.86. The first-order valence-electron chi connectivity index (χ1n) is 9.06. The number of imidazole rings is 1. The van der Waals surface area contributed by atoms with Gasteiger partial charge in [0.05, 0.1) is 11.0 Å². The molecule has 146 valence electrons. The topological polar surface area (TPSA) is 90.2 Å². The minimum absolute atomic E-state index is 0.0720. The number of nitrogens with zero attached hydrogens (tertiary/aromatic N) is 1. The molecular weight excluding hydrogens is 356 g/mol. The maximum atomic E-state index is 12.2. The standard InChI is InChI=1S/C21H24N4O3/c1-3-12-28-17-7-4-15(5-8-17)14-25(2)11-10-20(26)22-16-6-9-18-19(13-16)24-21(27)23-18/h3-9,13H,1,10-12,14H2,2H3,(H,22,26)(H2,23,24,27). The number of anilines is 1. The molecule has 0 aliphatic carbocycles. The minimum Gasteiger partial charge on any atom is -0.490 e. The lowest BCUT2D eigenvalue weighted by molar-refractivity contribution is -0.116. The Morgan fingerprint density at radius 1 is 1.18 bits per heavy atom. The molecule has 0 atom stereocenters. The molecule has 0 radical (unpaired) electrons. The number of H-pyrrole nitrogens is 2. The third-order valence-corrected chi connectivity index (χ3v) is 4.26. The van der Waals surface area contributed by atoms with E-state index >= 15 is 0 Å². The van der Waals surface area contributed by atoms with Crippen molar-refractivity contribution < 1.29 is 9.53 Å². The van der Waals surface area contributed by atoms with Crippen molar-refractivity contribution in [1.82, 2.24) is 14.9 Å². The maximum absolute atomic E-state index is 12.2. The summed E-state index contributed by atoms with van der Waals surface area (Å²) in [7, 11) is 1.98. The Kier molecular flexibility index (Phi) is 6.29. The van der Waals surface area contributed by atoms with E-state index in [4.69, 9.17) is 4.74 Å². The predicted octanol–water partition coefficient (Wildman–Crippen LogP) is 2.88. The van der Waals surface area contributed by atoms with Crippen LogP contribution in [0.5, 0.6) is 5.75 Å². The van der Waals surface area contributed by atoms with Gasteiger partial charge in [-0.15, -0.1) is 0 Å². The normalized spacial score (nSPS) is 10.9. The Balaban J connectivity index is 1.46. The molecule has 1 amide bonds. The molecule has 0 fully saturated rings. The van der Waals surface area contributed by atoms with Crippen LogP contribution in [-0.2, 0) is 11.3 Å². The highest BCUT2D eigenvalue weighted by atomic mass is 16.5. The number of nitrogens with one attached hydrogen (secondary N) is 3. The van der Waals surface area contributed by atoms with Crippen LogP contribution >= 0.6 is 0 Å². The highest BCUT2D eigenvalue weighted by Crippen LogP contribution is 2.15. The molecule has 1 aromatic heterocycles. The molecule has 1 heterocycles. The lowest BCUT2D eigenvalue weighted by atomic mass is 10.2. The number of carbonyl (C=O) groups excluding carboxylic acids is 1. The highest BCUT2D eigenvalue weighted by Gasteiger charge is 2.07. The van der Waals surface area contributed by atoms with Crippen LogP contribution in [0.3, 0.4) is 0 Å². The summed E-state index contributed by atoms with van der Waals surface area (Å²) < 4.78 is 5.47. The Morgan fingerprint density at radius 3 is 2.68 bits per heavy atom. The Morgan fingerprint density at radius 2 is 1.93 bits per heavy atom. The quantitative estimate of drug-likeness (QED) is 0.498. The lowest BCUT2D eigenvalue weighted by Crippen LogP contribution is -2.24. The van der Waals surface area contributed by atoms with Crippen LogP contribution in [0.15, 0.2) is 59.9 Å². The van der Waals surface area contributed by atoms with Crippen molar-refractivity contribution in [1.29, 1.82) is 0 Å². The molecule has 7 nitrogen and oxygen atoms in total. The molecule has 0 aliphatic rings.